The Morgan fingerprint density at radius 1 is 1.11 bits per heavy atom. The summed E-state index contributed by atoms with van der Waals surface area (Å²) in [5.41, 5.74) is 1.36. The summed E-state index contributed by atoms with van der Waals surface area (Å²) in [6, 6.07) is 2.58. The molecule has 0 spiro atoms. The summed E-state index contributed by atoms with van der Waals surface area (Å²) >= 11 is 0. The number of nitrogens with one attached hydrogen (secondary N) is 1. The van der Waals surface area contributed by atoms with Gasteiger partial charge in [0.15, 0.2) is 0 Å². The van der Waals surface area contributed by atoms with Crippen molar-refractivity contribution in [2.24, 2.45) is 0 Å². The highest BCUT2D eigenvalue weighted by Crippen LogP contribution is 2.24. The van der Waals surface area contributed by atoms with Crippen molar-refractivity contribution in [2.75, 3.05) is 7.05 Å². The Morgan fingerprint density at radius 2 is 1.83 bits per heavy atom. The van der Waals surface area contributed by atoms with Crippen LogP contribution in [-0.2, 0) is 6.42 Å². The average Bonchev–Trinajstić information content (AvgIpc) is 2.86. The third-order valence-corrected chi connectivity index (χ3v) is 3.67. The second kappa shape index (κ2) is 9.21. The van der Waals surface area contributed by atoms with Crippen LogP contribution in [0, 0.1) is 0 Å². The van der Waals surface area contributed by atoms with Crippen molar-refractivity contribution < 1.29 is 4.42 Å². The van der Waals surface area contributed by atoms with E-state index < -0.39 is 0 Å². The summed E-state index contributed by atoms with van der Waals surface area (Å²) in [6.45, 7) is 4.42. The minimum atomic E-state index is 0.463. The van der Waals surface area contributed by atoms with Crippen molar-refractivity contribution in [2.45, 2.75) is 71.3 Å². The van der Waals surface area contributed by atoms with E-state index in [4.69, 9.17) is 4.42 Å². The predicted octanol–water partition coefficient (Wildman–Crippen LogP) is 4.85. The summed E-state index contributed by atoms with van der Waals surface area (Å²) in [7, 11) is 2.05. The summed E-state index contributed by atoms with van der Waals surface area (Å²) in [5.74, 6) is 1.14. The second-order valence-electron chi connectivity index (χ2n) is 5.05. The van der Waals surface area contributed by atoms with Crippen molar-refractivity contribution in [3.05, 3.63) is 23.7 Å². The van der Waals surface area contributed by atoms with E-state index in [1.54, 1.807) is 0 Å². The van der Waals surface area contributed by atoms with Gasteiger partial charge in [-0.25, -0.2) is 0 Å². The number of hydrogen-bond donors (Lipinski definition) is 1. The lowest BCUT2D eigenvalue weighted by molar-refractivity contribution is 0.469. The van der Waals surface area contributed by atoms with Crippen LogP contribution in [0.25, 0.3) is 0 Å². The third-order valence-electron chi connectivity index (χ3n) is 3.67. The molecular weight excluding hydrogens is 222 g/mol. The highest BCUT2D eigenvalue weighted by molar-refractivity contribution is 5.21. The molecule has 1 N–H and O–H groups in total. The van der Waals surface area contributed by atoms with E-state index >= 15 is 0 Å². The number of rotatable bonds is 10. The first kappa shape index (κ1) is 15.3. The second-order valence-corrected chi connectivity index (χ2v) is 5.05. The highest BCUT2D eigenvalue weighted by Gasteiger charge is 2.14. The molecule has 0 aromatic carbocycles. The molecule has 0 radical (unpaired) electrons. The first-order valence-corrected chi connectivity index (χ1v) is 7.57. The minimum absolute atomic E-state index is 0.463. The third kappa shape index (κ3) is 4.85. The van der Waals surface area contributed by atoms with Crippen molar-refractivity contribution in [1.29, 1.82) is 0 Å². The Labute approximate surface area is 112 Å². The van der Waals surface area contributed by atoms with Gasteiger partial charge in [0.25, 0.3) is 0 Å². The lowest BCUT2D eigenvalue weighted by Gasteiger charge is -2.16. The number of unbranched alkanes of at least 4 members (excludes halogenated alkanes) is 5. The topological polar surface area (TPSA) is 25.2 Å². The summed E-state index contributed by atoms with van der Waals surface area (Å²) in [6.07, 6.45) is 12.2. The number of hydrogen-bond acceptors (Lipinski definition) is 2. The monoisotopic (exact) mass is 251 g/mol. The molecule has 1 aromatic rings. The number of furan rings is 1. The van der Waals surface area contributed by atoms with Gasteiger partial charge in [-0.3, -0.25) is 0 Å². The Balaban J connectivity index is 2.29. The molecule has 0 bridgehead atoms. The fraction of sp³-hybridized carbons (Fsp3) is 0.750. The van der Waals surface area contributed by atoms with Crippen LogP contribution in [0.3, 0.4) is 0 Å². The van der Waals surface area contributed by atoms with Gasteiger partial charge in [0.2, 0.25) is 0 Å². The summed E-state index contributed by atoms with van der Waals surface area (Å²) in [4.78, 5) is 0. The maximum absolute atomic E-state index is 5.52. The summed E-state index contributed by atoms with van der Waals surface area (Å²) in [5, 5.41) is 3.42. The highest BCUT2D eigenvalue weighted by atomic mass is 16.3. The van der Waals surface area contributed by atoms with E-state index in [0.717, 1.165) is 12.2 Å². The van der Waals surface area contributed by atoms with Crippen molar-refractivity contribution in [1.82, 2.24) is 5.32 Å². The van der Waals surface area contributed by atoms with Crippen LogP contribution in [-0.4, -0.2) is 7.05 Å². The van der Waals surface area contributed by atoms with Gasteiger partial charge >= 0.3 is 0 Å². The first-order chi connectivity index (χ1) is 8.83. The molecule has 18 heavy (non-hydrogen) atoms. The molecule has 104 valence electrons. The van der Waals surface area contributed by atoms with Crippen LogP contribution in [0.5, 0.6) is 0 Å². The van der Waals surface area contributed by atoms with Gasteiger partial charge in [-0.2, -0.15) is 0 Å². The van der Waals surface area contributed by atoms with Gasteiger partial charge in [0.05, 0.1) is 6.26 Å². The van der Waals surface area contributed by atoms with Crippen molar-refractivity contribution in [3.63, 3.8) is 0 Å². The quantitative estimate of drug-likeness (QED) is 0.601. The summed E-state index contributed by atoms with van der Waals surface area (Å²) < 4.78 is 5.52. The molecule has 0 aliphatic carbocycles. The number of aryl methyl sites for hydroxylation is 1. The van der Waals surface area contributed by atoms with E-state index in [2.05, 4.69) is 25.2 Å². The predicted molar refractivity (Wildman–Crippen MR) is 77.9 cm³/mol. The molecule has 2 heteroatoms. The van der Waals surface area contributed by atoms with Crippen LogP contribution in [0.2, 0.25) is 0 Å². The molecule has 1 heterocycles. The van der Waals surface area contributed by atoms with E-state index in [1.807, 2.05) is 13.3 Å². The fourth-order valence-corrected chi connectivity index (χ4v) is 2.53. The minimum Gasteiger partial charge on any atom is -0.469 e. The Morgan fingerprint density at radius 3 is 2.50 bits per heavy atom. The molecular formula is C16H29NO. The van der Waals surface area contributed by atoms with Gasteiger partial charge in [0, 0.05) is 18.0 Å². The first-order valence-electron chi connectivity index (χ1n) is 7.57. The Bertz CT molecular complexity index is 306. The van der Waals surface area contributed by atoms with Crippen molar-refractivity contribution in [3.8, 4) is 0 Å². The van der Waals surface area contributed by atoms with Crippen LogP contribution in [0.15, 0.2) is 16.7 Å². The zero-order valence-corrected chi connectivity index (χ0v) is 12.3. The standard InChI is InChI=1S/C16H29NO/c1-4-6-7-8-9-10-11-15(17-3)14-12-13-18-16(14)5-2/h12-13,15,17H,4-11H2,1-3H3. The largest absolute Gasteiger partial charge is 0.469 e. The zero-order chi connectivity index (χ0) is 13.2. The van der Waals surface area contributed by atoms with Crippen LogP contribution in [0.4, 0.5) is 0 Å². The smallest absolute Gasteiger partial charge is 0.108 e. The van der Waals surface area contributed by atoms with Gasteiger partial charge in [-0.15, -0.1) is 0 Å². The molecule has 1 aromatic heterocycles. The van der Waals surface area contributed by atoms with E-state index in [-0.39, 0.29) is 0 Å². The molecule has 0 aliphatic rings. The van der Waals surface area contributed by atoms with Crippen molar-refractivity contribution >= 4 is 0 Å². The maximum Gasteiger partial charge on any atom is 0.108 e. The van der Waals surface area contributed by atoms with Gasteiger partial charge in [-0.05, 0) is 19.5 Å². The van der Waals surface area contributed by atoms with Crippen LogP contribution in [0.1, 0.15) is 76.2 Å². The molecule has 0 saturated heterocycles. The molecule has 0 amide bonds. The zero-order valence-electron chi connectivity index (χ0n) is 12.3. The molecule has 0 aliphatic heterocycles. The van der Waals surface area contributed by atoms with E-state index in [1.165, 1.54) is 50.5 Å². The Kier molecular flexibility index (Phi) is 7.83. The lowest BCUT2D eigenvalue weighted by Crippen LogP contribution is -2.16. The van der Waals surface area contributed by atoms with E-state index in [0.29, 0.717) is 6.04 Å². The fourth-order valence-electron chi connectivity index (χ4n) is 2.53. The lowest BCUT2D eigenvalue weighted by atomic mass is 9.99. The molecule has 2 nitrogen and oxygen atoms in total. The van der Waals surface area contributed by atoms with Gasteiger partial charge < -0.3 is 9.73 Å². The normalized spacial score (nSPS) is 12.8. The molecule has 1 unspecified atom stereocenters. The SMILES string of the molecule is CCCCCCCCC(NC)c1ccoc1CC. The molecule has 0 saturated carbocycles. The molecule has 0 fully saturated rings. The van der Waals surface area contributed by atoms with Gasteiger partial charge in [0.1, 0.15) is 5.76 Å². The Hall–Kier alpha value is -0.760. The van der Waals surface area contributed by atoms with Crippen LogP contribution >= 0.6 is 0 Å². The van der Waals surface area contributed by atoms with E-state index in [9.17, 15) is 0 Å². The van der Waals surface area contributed by atoms with Gasteiger partial charge in [-0.1, -0.05) is 52.4 Å². The molecule has 1 rings (SSSR count). The maximum atomic E-state index is 5.52. The van der Waals surface area contributed by atoms with Crippen LogP contribution < -0.4 is 5.32 Å². The molecule has 1 atom stereocenters. The average molecular weight is 251 g/mol.